The van der Waals surface area contributed by atoms with Crippen LogP contribution in [0.15, 0.2) is 60.7 Å². The maximum absolute atomic E-state index is 10.5. The predicted octanol–water partition coefficient (Wildman–Crippen LogP) is 4.43. The molecule has 3 nitrogen and oxygen atoms in total. The van der Waals surface area contributed by atoms with E-state index in [9.17, 15) is 9.59 Å². The second kappa shape index (κ2) is 12.7. The Morgan fingerprint density at radius 2 is 1.14 bits per heavy atom. The van der Waals surface area contributed by atoms with Gasteiger partial charge in [0.15, 0.2) is 0 Å². The standard InChI is InChI=1S/2C7H6OS.C3H5N/c2*8-7(9)6-4-2-1-3-5-6;1-2-3-4/h2*1-5H,(H,8,9);2H2,1H3. The lowest BCUT2D eigenvalue weighted by atomic mass is 10.2. The highest BCUT2D eigenvalue weighted by molar-refractivity contribution is 7.97. The van der Waals surface area contributed by atoms with Gasteiger partial charge in [0.05, 0.1) is 6.07 Å². The van der Waals surface area contributed by atoms with E-state index in [-0.39, 0.29) is 10.2 Å². The van der Waals surface area contributed by atoms with Crippen molar-refractivity contribution in [2.45, 2.75) is 13.3 Å². The van der Waals surface area contributed by atoms with E-state index in [2.05, 4.69) is 25.3 Å². The van der Waals surface area contributed by atoms with Gasteiger partial charge in [-0.25, -0.2) is 0 Å². The molecule has 0 spiro atoms. The van der Waals surface area contributed by atoms with Crippen molar-refractivity contribution in [1.29, 1.82) is 5.26 Å². The molecule has 0 N–H and O–H groups in total. The Bertz CT molecular complexity index is 558. The average molecular weight is 331 g/mol. The maximum Gasteiger partial charge on any atom is 0.216 e. The van der Waals surface area contributed by atoms with Crippen molar-refractivity contribution in [2.75, 3.05) is 0 Å². The molecule has 5 heteroatoms. The quantitative estimate of drug-likeness (QED) is 0.800. The zero-order valence-corrected chi connectivity index (χ0v) is 13.9. The molecule has 2 rings (SSSR count). The summed E-state index contributed by atoms with van der Waals surface area (Å²) in [4.78, 5) is 21.0. The highest BCUT2D eigenvalue weighted by Gasteiger charge is 1.94. The van der Waals surface area contributed by atoms with Crippen molar-refractivity contribution in [3.05, 3.63) is 71.8 Å². The number of nitriles is 1. The van der Waals surface area contributed by atoms with Crippen LogP contribution in [0, 0.1) is 11.3 Å². The summed E-state index contributed by atoms with van der Waals surface area (Å²) in [5, 5.41) is 7.26. The Balaban J connectivity index is 0.000000326. The number of carbonyl (C=O) groups excluding carboxylic acids is 2. The molecular weight excluding hydrogens is 314 g/mol. The third-order valence-corrected chi connectivity index (χ3v) is 2.72. The van der Waals surface area contributed by atoms with Crippen LogP contribution in [0.2, 0.25) is 0 Å². The largest absolute Gasteiger partial charge is 0.282 e. The van der Waals surface area contributed by atoms with Gasteiger partial charge in [0.2, 0.25) is 10.2 Å². The van der Waals surface area contributed by atoms with Crippen LogP contribution in [0.25, 0.3) is 0 Å². The van der Waals surface area contributed by atoms with Crippen LogP contribution >= 0.6 is 25.3 Å². The third-order valence-electron chi connectivity index (χ3n) is 2.20. The normalized spacial score (nSPS) is 8.27. The van der Waals surface area contributed by atoms with Gasteiger partial charge in [-0.1, -0.05) is 67.6 Å². The summed E-state index contributed by atoms with van der Waals surface area (Å²) in [5.41, 5.74) is 1.28. The molecule has 0 aliphatic carbocycles. The van der Waals surface area contributed by atoms with Crippen LogP contribution < -0.4 is 0 Å². The fourth-order valence-electron chi connectivity index (χ4n) is 1.16. The first-order chi connectivity index (χ1) is 10.5. The molecule has 0 aromatic heterocycles. The lowest BCUT2D eigenvalue weighted by Crippen LogP contribution is -1.84. The maximum atomic E-state index is 10.5. The summed E-state index contributed by atoms with van der Waals surface area (Å²) in [6.07, 6.45) is 0.625. The van der Waals surface area contributed by atoms with Crippen LogP contribution in [-0.4, -0.2) is 10.2 Å². The van der Waals surface area contributed by atoms with Crippen LogP contribution in [0.1, 0.15) is 34.1 Å². The summed E-state index contributed by atoms with van der Waals surface area (Å²) < 4.78 is 0. The molecule has 0 radical (unpaired) electrons. The first kappa shape index (κ1) is 20.0. The molecule has 0 aliphatic rings. The second-order valence-electron chi connectivity index (χ2n) is 3.85. The number of thiol groups is 2. The molecule has 0 saturated carbocycles. The van der Waals surface area contributed by atoms with Crippen LogP contribution in [0.3, 0.4) is 0 Å². The molecule has 0 amide bonds. The molecular formula is C17H17NO2S2. The summed E-state index contributed by atoms with van der Waals surface area (Å²) in [6, 6.07) is 19.8. The first-order valence-electron chi connectivity index (χ1n) is 6.46. The Kier molecular flexibility index (Phi) is 11.5. The molecule has 0 atom stereocenters. The number of nitrogens with zero attached hydrogens (tertiary/aromatic N) is 1. The zero-order valence-electron chi connectivity index (χ0n) is 12.1. The highest BCUT2D eigenvalue weighted by atomic mass is 32.1. The molecule has 2 aromatic carbocycles. The molecule has 0 bridgehead atoms. The molecule has 22 heavy (non-hydrogen) atoms. The fourth-order valence-corrected chi connectivity index (χ4v) is 1.46. The van der Waals surface area contributed by atoms with Gasteiger partial charge in [-0.2, -0.15) is 5.26 Å². The molecule has 114 valence electrons. The number of hydrogen-bond donors (Lipinski definition) is 2. The fraction of sp³-hybridized carbons (Fsp3) is 0.118. The van der Waals surface area contributed by atoms with E-state index in [1.54, 1.807) is 24.3 Å². The Labute approximate surface area is 141 Å². The minimum atomic E-state index is -0.185. The number of hydrogen-bond acceptors (Lipinski definition) is 3. The summed E-state index contributed by atoms with van der Waals surface area (Å²) in [7, 11) is 0. The third kappa shape index (κ3) is 9.81. The summed E-state index contributed by atoms with van der Waals surface area (Å²) >= 11 is 7.30. The lowest BCUT2D eigenvalue weighted by molar-refractivity contribution is 0.108. The van der Waals surface area contributed by atoms with Gasteiger partial charge in [0, 0.05) is 17.5 Å². The number of benzene rings is 2. The molecule has 0 fully saturated rings. The molecule has 2 aromatic rings. The second-order valence-corrected chi connectivity index (χ2v) is 4.67. The number of rotatable bonds is 2. The molecule has 0 unspecified atom stereocenters. The van der Waals surface area contributed by atoms with Crippen molar-refractivity contribution in [3.8, 4) is 6.07 Å². The van der Waals surface area contributed by atoms with Gasteiger partial charge in [0.1, 0.15) is 0 Å². The van der Waals surface area contributed by atoms with E-state index in [4.69, 9.17) is 5.26 Å². The topological polar surface area (TPSA) is 57.9 Å². The van der Waals surface area contributed by atoms with Gasteiger partial charge in [-0.05, 0) is 0 Å². The first-order valence-corrected chi connectivity index (χ1v) is 7.36. The Morgan fingerprint density at radius 3 is 1.27 bits per heavy atom. The SMILES string of the molecule is CCC#N.O=C(S)c1ccccc1.O=C(S)c1ccccc1. The van der Waals surface area contributed by atoms with Gasteiger partial charge in [-0.15, -0.1) is 25.3 Å². The van der Waals surface area contributed by atoms with Crippen LogP contribution in [0.5, 0.6) is 0 Å². The van der Waals surface area contributed by atoms with Gasteiger partial charge >= 0.3 is 0 Å². The van der Waals surface area contributed by atoms with Crippen LogP contribution in [0.4, 0.5) is 0 Å². The van der Waals surface area contributed by atoms with E-state index in [0.29, 0.717) is 17.5 Å². The van der Waals surface area contributed by atoms with Gasteiger partial charge in [0.25, 0.3) is 0 Å². The summed E-state index contributed by atoms with van der Waals surface area (Å²) in [6.45, 7) is 1.82. The van der Waals surface area contributed by atoms with E-state index in [1.165, 1.54) is 0 Å². The van der Waals surface area contributed by atoms with E-state index in [1.807, 2.05) is 49.4 Å². The van der Waals surface area contributed by atoms with E-state index >= 15 is 0 Å². The Morgan fingerprint density at radius 1 is 0.864 bits per heavy atom. The van der Waals surface area contributed by atoms with Crippen molar-refractivity contribution < 1.29 is 9.59 Å². The summed E-state index contributed by atoms with van der Waals surface area (Å²) in [5.74, 6) is 0. The van der Waals surface area contributed by atoms with Crippen molar-refractivity contribution >= 4 is 35.5 Å². The van der Waals surface area contributed by atoms with Crippen molar-refractivity contribution in [3.63, 3.8) is 0 Å². The lowest BCUT2D eigenvalue weighted by Gasteiger charge is -1.88. The predicted molar refractivity (Wildman–Crippen MR) is 95.4 cm³/mol. The molecule has 0 heterocycles. The Hall–Kier alpha value is -2.03. The minimum Gasteiger partial charge on any atom is -0.282 e. The molecule has 0 saturated heterocycles. The molecule has 0 aliphatic heterocycles. The number of carbonyl (C=O) groups is 2. The zero-order chi connectivity index (χ0) is 16.8. The van der Waals surface area contributed by atoms with Crippen LogP contribution in [-0.2, 0) is 0 Å². The monoisotopic (exact) mass is 331 g/mol. The minimum absolute atomic E-state index is 0.185. The van der Waals surface area contributed by atoms with Crippen molar-refractivity contribution in [2.24, 2.45) is 0 Å². The highest BCUT2D eigenvalue weighted by Crippen LogP contribution is 2.01. The van der Waals surface area contributed by atoms with E-state index < -0.39 is 0 Å². The average Bonchev–Trinajstić information content (AvgIpc) is 2.57. The smallest absolute Gasteiger partial charge is 0.216 e. The van der Waals surface area contributed by atoms with E-state index in [0.717, 1.165) is 0 Å². The van der Waals surface area contributed by atoms with Gasteiger partial charge < -0.3 is 0 Å². The van der Waals surface area contributed by atoms with Gasteiger partial charge in [-0.3, -0.25) is 9.59 Å². The van der Waals surface area contributed by atoms with Crippen molar-refractivity contribution in [1.82, 2.24) is 0 Å².